The first kappa shape index (κ1) is 11.2. The molecule has 0 fully saturated rings. The molecule has 0 saturated carbocycles. The lowest BCUT2D eigenvalue weighted by Crippen LogP contribution is -2.26. The zero-order valence-electron chi connectivity index (χ0n) is 6.34. The number of halogens is 1. The van der Waals surface area contributed by atoms with Crippen molar-refractivity contribution in [3.63, 3.8) is 0 Å². The highest BCUT2D eigenvalue weighted by Gasteiger charge is 2.04. The molecule has 68 valence electrons. The maximum Gasteiger partial charge on any atom is 0.225 e. The van der Waals surface area contributed by atoms with E-state index < -0.39 is 10.0 Å². The predicted octanol–water partition coefficient (Wildman–Crippen LogP) is 0.139. The van der Waals surface area contributed by atoms with Gasteiger partial charge >= 0.3 is 0 Å². The van der Waals surface area contributed by atoms with Crippen LogP contribution in [0.4, 0.5) is 0 Å². The molecule has 0 aliphatic rings. The maximum atomic E-state index is 10.7. The van der Waals surface area contributed by atoms with Crippen LogP contribution in [0.3, 0.4) is 0 Å². The summed E-state index contributed by atoms with van der Waals surface area (Å²) >= 11 is 5.12. The second-order valence-electron chi connectivity index (χ2n) is 1.96. The molecular formula is C5H12ClNO3S. The van der Waals surface area contributed by atoms with Crippen LogP contribution in [-0.2, 0) is 14.8 Å². The molecule has 0 aromatic carbocycles. The van der Waals surface area contributed by atoms with Crippen LogP contribution in [0.5, 0.6) is 0 Å². The highest BCUT2D eigenvalue weighted by Crippen LogP contribution is 1.88. The summed E-state index contributed by atoms with van der Waals surface area (Å²) in [7, 11) is -1.67. The molecule has 0 spiro atoms. The van der Waals surface area contributed by atoms with Gasteiger partial charge in [-0.3, -0.25) is 0 Å². The van der Waals surface area contributed by atoms with Crippen LogP contribution in [0.15, 0.2) is 0 Å². The van der Waals surface area contributed by atoms with E-state index in [4.69, 9.17) is 16.3 Å². The van der Waals surface area contributed by atoms with Crippen LogP contribution in [0.2, 0.25) is 0 Å². The number of methoxy groups -OCH3 is 1. The molecule has 0 amide bonds. The van der Waals surface area contributed by atoms with Crippen LogP contribution in [0, 0.1) is 0 Å². The molecule has 0 rings (SSSR count). The Labute approximate surface area is 71.9 Å². The predicted molar refractivity (Wildman–Crippen MR) is 44.1 cm³/mol. The third-order valence-corrected chi connectivity index (χ3v) is 2.78. The third-order valence-electron chi connectivity index (χ3n) is 0.991. The molecule has 4 nitrogen and oxygen atoms in total. The van der Waals surface area contributed by atoms with Crippen molar-refractivity contribution in [2.24, 2.45) is 0 Å². The Hall–Kier alpha value is 0.160. The normalized spacial score (nSPS) is 11.8. The molecule has 0 atom stereocenters. The van der Waals surface area contributed by atoms with Gasteiger partial charge in [0.15, 0.2) is 0 Å². The van der Waals surface area contributed by atoms with Gasteiger partial charge in [-0.25, -0.2) is 13.1 Å². The summed E-state index contributed by atoms with van der Waals surface area (Å²) in [5.41, 5.74) is 0. The molecule has 0 aliphatic heterocycles. The molecule has 0 unspecified atom stereocenters. The zero-order chi connectivity index (χ0) is 8.74. The molecule has 0 saturated heterocycles. The van der Waals surface area contributed by atoms with E-state index in [0.717, 1.165) is 0 Å². The van der Waals surface area contributed by atoms with Gasteiger partial charge in [0, 0.05) is 20.3 Å². The van der Waals surface area contributed by atoms with E-state index in [1.54, 1.807) is 7.11 Å². The molecule has 0 aromatic rings. The number of hydrogen-bond acceptors (Lipinski definition) is 3. The van der Waals surface area contributed by atoms with Gasteiger partial charge in [0.25, 0.3) is 0 Å². The van der Waals surface area contributed by atoms with E-state index >= 15 is 0 Å². The van der Waals surface area contributed by atoms with E-state index in [1.807, 2.05) is 0 Å². The Morgan fingerprint density at radius 3 is 2.64 bits per heavy atom. The molecule has 1 N–H and O–H groups in total. The Morgan fingerprint density at radius 2 is 2.18 bits per heavy atom. The second-order valence-corrected chi connectivity index (χ2v) is 4.36. The molecule has 0 heterocycles. The maximum absolute atomic E-state index is 10.7. The number of alkyl halides is 1. The van der Waals surface area contributed by atoms with E-state index in [9.17, 15) is 8.42 Å². The second kappa shape index (κ2) is 5.77. The SMILES string of the molecule is COCCCNS(=O)(=O)CCl. The summed E-state index contributed by atoms with van der Waals surface area (Å²) < 4.78 is 28.4. The minimum Gasteiger partial charge on any atom is -0.385 e. The van der Waals surface area contributed by atoms with Crippen LogP contribution in [-0.4, -0.2) is 33.9 Å². The van der Waals surface area contributed by atoms with Crippen molar-refractivity contribution in [1.29, 1.82) is 0 Å². The smallest absolute Gasteiger partial charge is 0.225 e. The standard InChI is InChI=1S/C5H12ClNO3S/c1-10-4-2-3-7-11(8,9)5-6/h7H,2-5H2,1H3. The van der Waals surface area contributed by atoms with Gasteiger partial charge < -0.3 is 4.74 Å². The highest BCUT2D eigenvalue weighted by atomic mass is 35.5. The molecular weight excluding hydrogens is 190 g/mol. The van der Waals surface area contributed by atoms with Gasteiger partial charge in [-0.1, -0.05) is 0 Å². The number of ether oxygens (including phenoxy) is 1. The fourth-order valence-electron chi connectivity index (χ4n) is 0.483. The number of sulfonamides is 1. The molecule has 0 aliphatic carbocycles. The fraction of sp³-hybridized carbons (Fsp3) is 1.00. The van der Waals surface area contributed by atoms with Gasteiger partial charge in [0.1, 0.15) is 5.21 Å². The largest absolute Gasteiger partial charge is 0.385 e. The van der Waals surface area contributed by atoms with Crippen LogP contribution < -0.4 is 4.72 Å². The zero-order valence-corrected chi connectivity index (χ0v) is 7.91. The number of nitrogens with one attached hydrogen (secondary N) is 1. The topological polar surface area (TPSA) is 55.4 Å². The monoisotopic (exact) mass is 201 g/mol. The van der Waals surface area contributed by atoms with Crippen molar-refractivity contribution in [2.45, 2.75) is 6.42 Å². The van der Waals surface area contributed by atoms with E-state index in [-0.39, 0.29) is 5.21 Å². The van der Waals surface area contributed by atoms with Crippen LogP contribution in [0.1, 0.15) is 6.42 Å². The number of rotatable bonds is 6. The van der Waals surface area contributed by atoms with Crippen molar-refractivity contribution in [1.82, 2.24) is 4.72 Å². The minimum atomic E-state index is -3.24. The lowest BCUT2D eigenvalue weighted by molar-refractivity contribution is 0.196. The average molecular weight is 202 g/mol. The molecule has 11 heavy (non-hydrogen) atoms. The van der Waals surface area contributed by atoms with Gasteiger partial charge in [-0.2, -0.15) is 0 Å². The summed E-state index contributed by atoms with van der Waals surface area (Å²) in [6.07, 6.45) is 0.659. The fourth-order valence-corrected chi connectivity index (χ4v) is 1.25. The number of hydrogen-bond donors (Lipinski definition) is 1. The average Bonchev–Trinajstić information content (AvgIpc) is 1.99. The summed E-state index contributed by atoms with van der Waals surface area (Å²) in [5, 5.41) is -0.389. The van der Waals surface area contributed by atoms with Crippen molar-refractivity contribution < 1.29 is 13.2 Å². The van der Waals surface area contributed by atoms with Crippen molar-refractivity contribution >= 4 is 21.6 Å². The summed E-state index contributed by atoms with van der Waals surface area (Å²) in [4.78, 5) is 0. The Kier molecular flexibility index (Phi) is 5.85. The first-order valence-corrected chi connectivity index (χ1v) is 5.33. The Morgan fingerprint density at radius 1 is 1.55 bits per heavy atom. The Balaban J connectivity index is 3.39. The van der Waals surface area contributed by atoms with Crippen molar-refractivity contribution in [2.75, 3.05) is 25.5 Å². The van der Waals surface area contributed by atoms with Crippen molar-refractivity contribution in [3.05, 3.63) is 0 Å². The summed E-state index contributed by atoms with van der Waals surface area (Å²) in [6.45, 7) is 0.924. The minimum absolute atomic E-state index is 0.378. The van der Waals surface area contributed by atoms with E-state index in [1.165, 1.54) is 0 Å². The van der Waals surface area contributed by atoms with Gasteiger partial charge in [-0.05, 0) is 6.42 Å². The molecule has 0 aromatic heterocycles. The lowest BCUT2D eigenvalue weighted by atomic mass is 10.5. The van der Waals surface area contributed by atoms with E-state index in [2.05, 4.69) is 4.72 Å². The summed E-state index contributed by atoms with van der Waals surface area (Å²) in [6, 6.07) is 0. The first-order valence-electron chi connectivity index (χ1n) is 3.14. The molecule has 0 radical (unpaired) electrons. The van der Waals surface area contributed by atoms with Gasteiger partial charge in [0.2, 0.25) is 10.0 Å². The van der Waals surface area contributed by atoms with Gasteiger partial charge in [-0.15, -0.1) is 11.6 Å². The summed E-state index contributed by atoms with van der Waals surface area (Å²) in [5.74, 6) is 0. The Bertz CT molecular complexity index is 180. The third kappa shape index (κ3) is 6.55. The van der Waals surface area contributed by atoms with Gasteiger partial charge in [0.05, 0.1) is 0 Å². The van der Waals surface area contributed by atoms with Crippen LogP contribution >= 0.6 is 11.6 Å². The van der Waals surface area contributed by atoms with Crippen molar-refractivity contribution in [3.8, 4) is 0 Å². The quantitative estimate of drug-likeness (QED) is 0.491. The molecule has 6 heteroatoms. The first-order chi connectivity index (χ1) is 5.12. The lowest BCUT2D eigenvalue weighted by Gasteiger charge is -2.01. The molecule has 0 bridgehead atoms. The van der Waals surface area contributed by atoms with Crippen LogP contribution in [0.25, 0.3) is 0 Å². The highest BCUT2D eigenvalue weighted by molar-refractivity contribution is 7.90. The van der Waals surface area contributed by atoms with E-state index in [0.29, 0.717) is 19.6 Å².